The maximum absolute atomic E-state index is 14.3. The van der Waals surface area contributed by atoms with Gasteiger partial charge in [0.25, 0.3) is 0 Å². The smallest absolute Gasteiger partial charge is 0.246 e. The summed E-state index contributed by atoms with van der Waals surface area (Å²) >= 11 is 6.16. The number of benzene rings is 1. The molecular weight excluding hydrogens is 566 g/mol. The zero-order valence-electron chi connectivity index (χ0n) is 25.6. The first kappa shape index (κ1) is 30.6. The van der Waals surface area contributed by atoms with Crippen molar-refractivity contribution < 1.29 is 19.1 Å². The summed E-state index contributed by atoms with van der Waals surface area (Å²) in [4.78, 5) is 48.8. The predicted octanol–water partition coefficient (Wildman–Crippen LogP) is 3.40. The second-order valence-corrected chi connectivity index (χ2v) is 13.7. The molecular formula is C33H46ClN5O4. The minimum absolute atomic E-state index is 0.0584. The van der Waals surface area contributed by atoms with Crippen LogP contribution in [0.1, 0.15) is 46.5 Å². The van der Waals surface area contributed by atoms with E-state index >= 15 is 0 Å². The van der Waals surface area contributed by atoms with Gasteiger partial charge < -0.3 is 30.1 Å². The summed E-state index contributed by atoms with van der Waals surface area (Å²) in [6, 6.07) is 6.23. The number of piperazine rings is 1. The summed E-state index contributed by atoms with van der Waals surface area (Å²) in [6.07, 6.45) is 7.13. The highest BCUT2D eigenvalue weighted by molar-refractivity contribution is 6.30. The van der Waals surface area contributed by atoms with E-state index in [0.717, 1.165) is 65.0 Å². The fourth-order valence-corrected chi connectivity index (χ4v) is 8.33. The molecule has 1 aliphatic carbocycles. The Morgan fingerprint density at radius 3 is 2.58 bits per heavy atom. The van der Waals surface area contributed by atoms with Crippen LogP contribution in [-0.2, 0) is 19.1 Å². The highest BCUT2D eigenvalue weighted by Crippen LogP contribution is 2.55. The average Bonchev–Trinajstić information content (AvgIpc) is 3.63. The van der Waals surface area contributed by atoms with E-state index in [2.05, 4.69) is 41.2 Å². The van der Waals surface area contributed by atoms with E-state index in [1.54, 1.807) is 29.2 Å². The van der Waals surface area contributed by atoms with Gasteiger partial charge in [0.05, 0.1) is 17.9 Å². The lowest BCUT2D eigenvalue weighted by Gasteiger charge is -2.38. The molecule has 1 aromatic rings. The Labute approximate surface area is 260 Å². The molecule has 4 aliphatic heterocycles. The number of amides is 3. The lowest BCUT2D eigenvalue weighted by Crippen LogP contribution is -2.58. The lowest BCUT2D eigenvalue weighted by atomic mass is 9.73. The standard InChI is InChI=1S/C33H46ClN5O4/c1-4-37-16-18-38(19-17-37)14-7-15-39-29(31(41)36-25-11-5-8-21(2)22(25)3)33-13-12-26(43-33)27(28(33)32(39)42)30(40)35-24-10-6-9-23(34)20-24/h6,9-10,12-13,20-22,25-29H,4-5,7-8,11,14-19H2,1-3H3,(H,35,40)(H,36,41)/t21-,22-,25-,26-,27-,28-,29+,33+/m1/s1. The molecule has 1 aromatic carbocycles. The quantitative estimate of drug-likeness (QED) is 0.416. The molecule has 5 aliphatic rings. The number of nitrogens with one attached hydrogen (secondary N) is 2. The molecule has 234 valence electrons. The molecule has 8 atom stereocenters. The SMILES string of the molecule is CCN1CCN(CCCN2C(=O)[C@H]3[C@H](C(=O)Nc4cccc(Cl)c4)[C@H]4C=C[C@@]3(O4)[C@@H]2C(=O)N[C@@H]2CCC[C@@H](C)[C@H]2C)CC1. The Bertz CT molecular complexity index is 1250. The predicted molar refractivity (Wildman–Crippen MR) is 167 cm³/mol. The highest BCUT2D eigenvalue weighted by atomic mass is 35.5. The van der Waals surface area contributed by atoms with Gasteiger partial charge in [0, 0.05) is 49.5 Å². The van der Waals surface area contributed by atoms with Gasteiger partial charge >= 0.3 is 0 Å². The van der Waals surface area contributed by atoms with Crippen molar-refractivity contribution in [2.45, 2.75) is 70.2 Å². The zero-order valence-corrected chi connectivity index (χ0v) is 26.4. The molecule has 9 nitrogen and oxygen atoms in total. The first-order valence-electron chi connectivity index (χ1n) is 16.2. The Morgan fingerprint density at radius 1 is 1.07 bits per heavy atom. The number of hydrogen-bond donors (Lipinski definition) is 2. The lowest BCUT2D eigenvalue weighted by molar-refractivity contribution is -0.141. The molecule has 43 heavy (non-hydrogen) atoms. The Morgan fingerprint density at radius 2 is 1.84 bits per heavy atom. The molecule has 0 unspecified atom stereocenters. The largest absolute Gasteiger partial charge is 0.359 e. The van der Waals surface area contributed by atoms with Gasteiger partial charge in [-0.2, -0.15) is 0 Å². The molecule has 10 heteroatoms. The fraction of sp³-hybridized carbons (Fsp3) is 0.667. The number of rotatable bonds is 9. The number of carbonyl (C=O) groups is 3. The van der Waals surface area contributed by atoms with Crippen LogP contribution in [0.4, 0.5) is 5.69 Å². The van der Waals surface area contributed by atoms with Crippen molar-refractivity contribution in [3.63, 3.8) is 0 Å². The summed E-state index contributed by atoms with van der Waals surface area (Å²) in [7, 11) is 0. The molecule has 3 saturated heterocycles. The second kappa shape index (κ2) is 12.5. The van der Waals surface area contributed by atoms with Crippen LogP contribution in [0.5, 0.6) is 0 Å². The van der Waals surface area contributed by atoms with Gasteiger partial charge in [-0.25, -0.2) is 0 Å². The van der Waals surface area contributed by atoms with Gasteiger partial charge in [-0.05, 0) is 56.0 Å². The monoisotopic (exact) mass is 611 g/mol. The molecule has 0 aromatic heterocycles. The number of likely N-dealkylation sites (N-methyl/N-ethyl adjacent to an activating group) is 1. The first-order valence-corrected chi connectivity index (χ1v) is 16.6. The van der Waals surface area contributed by atoms with E-state index in [1.807, 2.05) is 12.2 Å². The number of ether oxygens (including phenoxy) is 1. The van der Waals surface area contributed by atoms with Crippen molar-refractivity contribution >= 4 is 35.0 Å². The molecule has 0 radical (unpaired) electrons. The number of nitrogens with zero attached hydrogens (tertiary/aromatic N) is 3. The third-order valence-corrected chi connectivity index (χ3v) is 11.1. The van der Waals surface area contributed by atoms with E-state index in [9.17, 15) is 14.4 Å². The third-order valence-electron chi connectivity index (χ3n) is 10.8. The summed E-state index contributed by atoms with van der Waals surface area (Å²) in [5, 5.41) is 6.81. The van der Waals surface area contributed by atoms with Gasteiger partial charge in [-0.1, -0.05) is 63.4 Å². The number of carbonyl (C=O) groups excluding carboxylic acids is 3. The third kappa shape index (κ3) is 5.74. The molecule has 2 N–H and O–H groups in total. The van der Waals surface area contributed by atoms with Crippen LogP contribution in [-0.4, -0.2) is 102 Å². The topological polar surface area (TPSA) is 94.2 Å². The van der Waals surface area contributed by atoms with Crippen LogP contribution in [0, 0.1) is 23.7 Å². The van der Waals surface area contributed by atoms with Crippen molar-refractivity contribution in [1.29, 1.82) is 0 Å². The van der Waals surface area contributed by atoms with Crippen molar-refractivity contribution in [3.8, 4) is 0 Å². The molecule has 6 rings (SSSR count). The van der Waals surface area contributed by atoms with E-state index in [-0.39, 0.29) is 23.8 Å². The van der Waals surface area contributed by atoms with Crippen molar-refractivity contribution in [1.82, 2.24) is 20.0 Å². The van der Waals surface area contributed by atoms with Gasteiger partial charge in [-0.15, -0.1) is 0 Å². The van der Waals surface area contributed by atoms with E-state index < -0.39 is 29.6 Å². The van der Waals surface area contributed by atoms with Crippen molar-refractivity contribution in [2.75, 3.05) is 51.1 Å². The number of hydrogen-bond acceptors (Lipinski definition) is 6. The number of anilines is 1. The van der Waals surface area contributed by atoms with Gasteiger partial charge in [0.1, 0.15) is 11.6 Å². The number of halogens is 1. The molecule has 2 bridgehead atoms. The maximum Gasteiger partial charge on any atom is 0.246 e. The average molecular weight is 612 g/mol. The summed E-state index contributed by atoms with van der Waals surface area (Å²) < 4.78 is 6.53. The zero-order chi connectivity index (χ0) is 30.3. The normalized spacial score (nSPS) is 35.8. The summed E-state index contributed by atoms with van der Waals surface area (Å²) in [6.45, 7) is 13.1. The summed E-state index contributed by atoms with van der Waals surface area (Å²) in [5.41, 5.74) is -0.586. The number of likely N-dealkylation sites (tertiary alicyclic amines) is 1. The maximum atomic E-state index is 14.3. The van der Waals surface area contributed by atoms with Gasteiger partial charge in [-0.3, -0.25) is 14.4 Å². The molecule has 4 fully saturated rings. The van der Waals surface area contributed by atoms with Gasteiger partial charge in [0.2, 0.25) is 17.7 Å². The van der Waals surface area contributed by atoms with Crippen LogP contribution in [0.15, 0.2) is 36.4 Å². The Balaban J connectivity index is 1.22. The van der Waals surface area contributed by atoms with E-state index in [0.29, 0.717) is 29.1 Å². The van der Waals surface area contributed by atoms with Crippen LogP contribution >= 0.6 is 11.6 Å². The van der Waals surface area contributed by atoms with Gasteiger partial charge in [0.15, 0.2) is 0 Å². The summed E-state index contributed by atoms with van der Waals surface area (Å²) in [5.74, 6) is -1.23. The minimum atomic E-state index is -1.15. The molecule has 4 heterocycles. The second-order valence-electron chi connectivity index (χ2n) is 13.2. The Hall–Kier alpha value is -2.46. The van der Waals surface area contributed by atoms with Crippen molar-refractivity contribution in [3.05, 3.63) is 41.4 Å². The number of fused-ring (bicyclic) bond motifs is 1. The van der Waals surface area contributed by atoms with Crippen LogP contribution < -0.4 is 10.6 Å². The van der Waals surface area contributed by atoms with Crippen molar-refractivity contribution in [2.24, 2.45) is 23.7 Å². The molecule has 1 saturated carbocycles. The minimum Gasteiger partial charge on any atom is -0.359 e. The molecule has 1 spiro atoms. The fourth-order valence-electron chi connectivity index (χ4n) is 8.14. The highest BCUT2D eigenvalue weighted by Gasteiger charge is 2.72. The van der Waals surface area contributed by atoms with Crippen LogP contribution in [0.2, 0.25) is 5.02 Å². The Kier molecular flexibility index (Phi) is 8.89. The van der Waals surface area contributed by atoms with E-state index in [1.165, 1.54) is 0 Å². The molecule has 3 amide bonds. The van der Waals surface area contributed by atoms with E-state index in [4.69, 9.17) is 16.3 Å². The van der Waals surface area contributed by atoms with Crippen LogP contribution in [0.3, 0.4) is 0 Å². The van der Waals surface area contributed by atoms with Crippen LogP contribution in [0.25, 0.3) is 0 Å². The first-order chi connectivity index (χ1) is 20.7.